The molecule has 1 aromatic rings. The third-order valence-corrected chi connectivity index (χ3v) is 4.12. The van der Waals surface area contributed by atoms with Gasteiger partial charge in [-0.3, -0.25) is 9.69 Å². The van der Waals surface area contributed by atoms with E-state index < -0.39 is 0 Å². The minimum Gasteiger partial charge on any atom is -0.508 e. The number of hydrogen-bond donors (Lipinski definition) is 3. The number of carbonyl (C=O) groups is 2. The number of imide groups is 1. The number of nitrogens with one attached hydrogen (secondary N) is 2. The van der Waals surface area contributed by atoms with Crippen molar-refractivity contribution in [2.45, 2.75) is 13.0 Å². The number of urea groups is 1. The normalized spacial score (nSPS) is 24.8. The number of aromatic hydroxyl groups is 1. The van der Waals surface area contributed by atoms with Gasteiger partial charge in [0.1, 0.15) is 5.75 Å². The minimum atomic E-state index is -0.329. The first-order valence-electron chi connectivity index (χ1n) is 7.21. The Balaban J connectivity index is 1.59. The molecule has 0 saturated carbocycles. The lowest BCUT2D eigenvalue weighted by molar-refractivity contribution is -0.137. The van der Waals surface area contributed by atoms with Crippen LogP contribution in [0.2, 0.25) is 0 Å². The van der Waals surface area contributed by atoms with E-state index in [1.54, 1.807) is 24.3 Å². The van der Waals surface area contributed by atoms with Gasteiger partial charge in [-0.05, 0) is 36.6 Å². The molecule has 6 heteroatoms. The molecule has 2 aliphatic rings. The van der Waals surface area contributed by atoms with Crippen molar-refractivity contribution >= 4 is 11.9 Å². The molecule has 21 heavy (non-hydrogen) atoms. The van der Waals surface area contributed by atoms with Crippen LogP contribution in [0.5, 0.6) is 5.75 Å². The Hall–Kier alpha value is -2.08. The summed E-state index contributed by atoms with van der Waals surface area (Å²) in [5.41, 5.74) is 0.882. The van der Waals surface area contributed by atoms with Crippen molar-refractivity contribution in [3.05, 3.63) is 29.8 Å². The Morgan fingerprint density at radius 2 is 2.10 bits per heavy atom. The summed E-state index contributed by atoms with van der Waals surface area (Å²) in [6.45, 7) is 2.36. The maximum Gasteiger partial charge on any atom is 0.324 e. The number of carbonyl (C=O) groups excluding carboxylic acids is 2. The second-order valence-electron chi connectivity index (χ2n) is 5.73. The van der Waals surface area contributed by atoms with Gasteiger partial charge in [-0.2, -0.15) is 0 Å². The fourth-order valence-corrected chi connectivity index (χ4v) is 3.00. The van der Waals surface area contributed by atoms with Crippen LogP contribution >= 0.6 is 0 Å². The second kappa shape index (κ2) is 5.73. The van der Waals surface area contributed by atoms with Gasteiger partial charge in [0.2, 0.25) is 5.91 Å². The fourth-order valence-electron chi connectivity index (χ4n) is 3.00. The summed E-state index contributed by atoms with van der Waals surface area (Å²) < 4.78 is 0. The Labute approximate surface area is 123 Å². The zero-order chi connectivity index (χ0) is 14.8. The van der Waals surface area contributed by atoms with Crippen LogP contribution in [0.3, 0.4) is 0 Å². The van der Waals surface area contributed by atoms with Crippen LogP contribution in [0.4, 0.5) is 4.79 Å². The van der Waals surface area contributed by atoms with Gasteiger partial charge in [0.05, 0.1) is 5.92 Å². The maximum atomic E-state index is 12.2. The predicted molar refractivity (Wildman–Crippen MR) is 76.5 cm³/mol. The molecular formula is C15H19N3O3. The standard InChI is InChI=1S/C15H19N3O3/c19-13-3-1-10(2-4-13)7-17-15(21)18-9-11-5-12(14(18)20)8-16-6-11/h1-4,11-12,16,19H,5-9H2,(H,17,21). The van der Waals surface area contributed by atoms with Gasteiger partial charge in [0.15, 0.2) is 0 Å². The van der Waals surface area contributed by atoms with Crippen LogP contribution in [-0.4, -0.2) is 41.6 Å². The molecule has 6 nitrogen and oxygen atoms in total. The Kier molecular flexibility index (Phi) is 3.79. The first-order chi connectivity index (χ1) is 10.1. The van der Waals surface area contributed by atoms with Crippen LogP contribution < -0.4 is 10.6 Å². The smallest absolute Gasteiger partial charge is 0.324 e. The number of likely N-dealkylation sites (tertiary alicyclic amines) is 1. The molecule has 3 N–H and O–H groups in total. The first kappa shape index (κ1) is 13.9. The number of fused-ring (bicyclic) bond motifs is 2. The van der Waals surface area contributed by atoms with Crippen molar-refractivity contribution in [2.24, 2.45) is 11.8 Å². The highest BCUT2D eigenvalue weighted by molar-refractivity contribution is 5.96. The SMILES string of the molecule is O=C(NCc1ccc(O)cc1)N1CC2CNCC(C2)C1=O. The summed E-state index contributed by atoms with van der Waals surface area (Å²) in [6, 6.07) is 6.30. The Bertz CT molecular complexity index is 544. The molecule has 3 rings (SSSR count). The lowest BCUT2D eigenvalue weighted by Gasteiger charge is -2.39. The monoisotopic (exact) mass is 289 g/mol. The van der Waals surface area contributed by atoms with Gasteiger partial charge >= 0.3 is 6.03 Å². The molecule has 2 unspecified atom stereocenters. The molecule has 3 amide bonds. The van der Waals surface area contributed by atoms with E-state index >= 15 is 0 Å². The molecule has 2 bridgehead atoms. The molecule has 0 aliphatic carbocycles. The van der Waals surface area contributed by atoms with Crippen molar-refractivity contribution in [3.8, 4) is 5.75 Å². The number of hydrogen-bond acceptors (Lipinski definition) is 4. The molecule has 1 aromatic carbocycles. The largest absolute Gasteiger partial charge is 0.508 e. The molecule has 0 spiro atoms. The van der Waals surface area contributed by atoms with Crippen LogP contribution in [0.1, 0.15) is 12.0 Å². The van der Waals surface area contributed by atoms with Gasteiger partial charge in [0, 0.05) is 19.6 Å². The third-order valence-electron chi connectivity index (χ3n) is 4.12. The summed E-state index contributed by atoms with van der Waals surface area (Å²) >= 11 is 0. The summed E-state index contributed by atoms with van der Waals surface area (Å²) in [7, 11) is 0. The molecule has 0 aromatic heterocycles. The summed E-state index contributed by atoms with van der Waals surface area (Å²) in [5.74, 6) is 0.399. The number of piperidine rings is 2. The number of benzene rings is 1. The molecule has 112 valence electrons. The van der Waals surface area contributed by atoms with Crippen molar-refractivity contribution in [1.82, 2.24) is 15.5 Å². The molecule has 2 heterocycles. The molecule has 2 atom stereocenters. The van der Waals surface area contributed by atoms with Crippen LogP contribution in [0.25, 0.3) is 0 Å². The van der Waals surface area contributed by atoms with Gasteiger partial charge in [-0.15, -0.1) is 0 Å². The van der Waals surface area contributed by atoms with Crippen molar-refractivity contribution in [1.29, 1.82) is 0 Å². The van der Waals surface area contributed by atoms with Gasteiger partial charge in [0.25, 0.3) is 0 Å². The summed E-state index contributed by atoms with van der Waals surface area (Å²) in [4.78, 5) is 25.8. The first-order valence-corrected chi connectivity index (χ1v) is 7.21. The number of amides is 3. The lowest BCUT2D eigenvalue weighted by Crippen LogP contribution is -2.58. The second-order valence-corrected chi connectivity index (χ2v) is 5.73. The van der Waals surface area contributed by atoms with Crippen molar-refractivity contribution in [3.63, 3.8) is 0 Å². The van der Waals surface area contributed by atoms with E-state index in [4.69, 9.17) is 0 Å². The number of rotatable bonds is 2. The van der Waals surface area contributed by atoms with Gasteiger partial charge in [-0.1, -0.05) is 12.1 Å². The average Bonchev–Trinajstić information content (AvgIpc) is 2.50. The highest BCUT2D eigenvalue weighted by Crippen LogP contribution is 2.25. The zero-order valence-electron chi connectivity index (χ0n) is 11.7. The molecular weight excluding hydrogens is 270 g/mol. The van der Waals surface area contributed by atoms with E-state index in [0.29, 0.717) is 25.6 Å². The Morgan fingerprint density at radius 3 is 2.86 bits per heavy atom. The average molecular weight is 289 g/mol. The van der Waals surface area contributed by atoms with Crippen LogP contribution in [-0.2, 0) is 11.3 Å². The number of phenolic OH excluding ortho intramolecular Hbond substituents is 1. The quantitative estimate of drug-likeness (QED) is 0.747. The number of nitrogens with zero attached hydrogens (tertiary/aromatic N) is 1. The fraction of sp³-hybridized carbons (Fsp3) is 0.467. The van der Waals surface area contributed by atoms with E-state index in [0.717, 1.165) is 18.5 Å². The van der Waals surface area contributed by atoms with Gasteiger partial charge in [-0.25, -0.2) is 4.79 Å². The minimum absolute atomic E-state index is 0.0723. The van der Waals surface area contributed by atoms with E-state index in [1.165, 1.54) is 4.90 Å². The highest BCUT2D eigenvalue weighted by atomic mass is 16.3. The van der Waals surface area contributed by atoms with Crippen LogP contribution in [0, 0.1) is 11.8 Å². The number of phenols is 1. The highest BCUT2D eigenvalue weighted by Gasteiger charge is 2.39. The molecule has 0 radical (unpaired) electrons. The Morgan fingerprint density at radius 1 is 1.33 bits per heavy atom. The van der Waals surface area contributed by atoms with E-state index in [2.05, 4.69) is 10.6 Å². The van der Waals surface area contributed by atoms with Crippen molar-refractivity contribution in [2.75, 3.05) is 19.6 Å². The van der Waals surface area contributed by atoms with E-state index in [9.17, 15) is 14.7 Å². The zero-order valence-corrected chi connectivity index (χ0v) is 11.7. The van der Waals surface area contributed by atoms with Crippen molar-refractivity contribution < 1.29 is 14.7 Å². The van der Waals surface area contributed by atoms with Crippen LogP contribution in [0.15, 0.2) is 24.3 Å². The third kappa shape index (κ3) is 3.00. The maximum absolute atomic E-state index is 12.2. The summed E-state index contributed by atoms with van der Waals surface area (Å²) in [6.07, 6.45) is 0.883. The van der Waals surface area contributed by atoms with E-state index in [1.807, 2.05) is 0 Å². The molecule has 2 fully saturated rings. The summed E-state index contributed by atoms with van der Waals surface area (Å²) in [5, 5.41) is 15.2. The van der Waals surface area contributed by atoms with Gasteiger partial charge < -0.3 is 15.7 Å². The lowest BCUT2D eigenvalue weighted by atomic mass is 9.85. The predicted octanol–water partition coefficient (Wildman–Crippen LogP) is 0.670. The molecule has 2 aliphatic heterocycles. The van der Waals surface area contributed by atoms with E-state index in [-0.39, 0.29) is 23.6 Å². The topological polar surface area (TPSA) is 81.7 Å². The molecule has 2 saturated heterocycles.